The second kappa shape index (κ2) is 17.0. The molecule has 0 saturated heterocycles. The van der Waals surface area contributed by atoms with E-state index in [0.29, 0.717) is 41.8 Å². The molecule has 4 aromatic carbocycles. The normalized spacial score (nSPS) is 11.0. The van der Waals surface area contributed by atoms with E-state index in [9.17, 15) is 20.0 Å². The predicted molar refractivity (Wildman–Crippen MR) is 179 cm³/mol. The lowest BCUT2D eigenvalue weighted by Crippen LogP contribution is -2.25. The van der Waals surface area contributed by atoms with Gasteiger partial charge in [0.05, 0.1) is 17.1 Å². The number of aryl methyl sites for hydroxylation is 2. The van der Waals surface area contributed by atoms with Crippen molar-refractivity contribution in [2.24, 2.45) is 0 Å². The number of phenolic OH excluding ortho intramolecular Hbond substituents is 1. The maximum Gasteiger partial charge on any atom is 0.269 e. The van der Waals surface area contributed by atoms with Gasteiger partial charge in [-0.15, -0.1) is 0 Å². The Bertz CT molecular complexity index is 1570. The largest absolute Gasteiger partial charge is 0.506 e. The van der Waals surface area contributed by atoms with E-state index in [1.165, 1.54) is 73.6 Å². The molecule has 4 rings (SSSR count). The number of ether oxygens (including phenoxy) is 2. The number of rotatable bonds is 18. The first kappa shape index (κ1) is 33.3. The summed E-state index contributed by atoms with van der Waals surface area (Å²) in [5.41, 5.74) is 2.71. The fourth-order valence-corrected chi connectivity index (χ4v) is 5.32. The summed E-state index contributed by atoms with van der Waals surface area (Å²) in [7, 11) is 0. The Morgan fingerprint density at radius 1 is 0.822 bits per heavy atom. The second-order valence-electron chi connectivity index (χ2n) is 11.3. The van der Waals surface area contributed by atoms with Gasteiger partial charge in [0.1, 0.15) is 23.0 Å². The lowest BCUT2D eigenvalue weighted by molar-refractivity contribution is -0.384. The third kappa shape index (κ3) is 9.45. The van der Waals surface area contributed by atoms with Crippen molar-refractivity contribution in [1.82, 2.24) is 5.32 Å². The Morgan fingerprint density at radius 2 is 1.53 bits per heavy atom. The standard InChI is InChI=1S/C37H44N2O6/c1-3-5-7-13-27-17-22-34(28(25-27)14-8-6-4-2)44-24-12-11-23-38-37(41)33-26-35(31-15-9-10-16-32(31)36(33)40)45-30-20-18-29(19-21-30)39(42)43/h9-10,15-22,25-26,40H,3-8,11-14,23-24H2,1-2H3,(H,38,41). The first-order chi connectivity index (χ1) is 21.9. The van der Waals surface area contributed by atoms with Crippen molar-refractivity contribution < 1.29 is 24.3 Å². The number of unbranched alkanes of at least 4 members (excludes halogenated alkanes) is 5. The van der Waals surface area contributed by atoms with E-state index in [4.69, 9.17) is 9.47 Å². The number of aromatic hydroxyl groups is 1. The smallest absolute Gasteiger partial charge is 0.269 e. The van der Waals surface area contributed by atoms with Gasteiger partial charge >= 0.3 is 0 Å². The van der Waals surface area contributed by atoms with Crippen molar-refractivity contribution in [1.29, 1.82) is 0 Å². The van der Waals surface area contributed by atoms with Gasteiger partial charge in [-0.25, -0.2) is 0 Å². The number of phenols is 1. The highest BCUT2D eigenvalue weighted by molar-refractivity contribution is 6.05. The highest BCUT2D eigenvalue weighted by Gasteiger charge is 2.18. The van der Waals surface area contributed by atoms with Crippen molar-refractivity contribution in [2.75, 3.05) is 13.2 Å². The summed E-state index contributed by atoms with van der Waals surface area (Å²) in [6, 6.07) is 20.9. The molecule has 0 fully saturated rings. The van der Waals surface area contributed by atoms with Gasteiger partial charge in [-0.1, -0.05) is 75.9 Å². The first-order valence-corrected chi connectivity index (χ1v) is 16.1. The molecule has 8 nitrogen and oxygen atoms in total. The molecule has 0 aliphatic heterocycles. The monoisotopic (exact) mass is 612 g/mol. The van der Waals surface area contributed by atoms with Gasteiger partial charge in [0.2, 0.25) is 0 Å². The average Bonchev–Trinajstić information content (AvgIpc) is 3.05. The number of nitro groups is 1. The fourth-order valence-electron chi connectivity index (χ4n) is 5.32. The van der Waals surface area contributed by atoms with Gasteiger partial charge in [0.25, 0.3) is 11.6 Å². The predicted octanol–water partition coefficient (Wildman–Crippen LogP) is 9.30. The molecule has 238 valence electrons. The number of non-ortho nitro benzene ring substituents is 1. The van der Waals surface area contributed by atoms with E-state index >= 15 is 0 Å². The Balaban J connectivity index is 1.34. The summed E-state index contributed by atoms with van der Waals surface area (Å²) in [4.78, 5) is 23.7. The van der Waals surface area contributed by atoms with Gasteiger partial charge in [-0.05, 0) is 73.9 Å². The van der Waals surface area contributed by atoms with Gasteiger partial charge in [0, 0.05) is 29.4 Å². The molecule has 0 aliphatic carbocycles. The number of hydrogen-bond donors (Lipinski definition) is 2. The molecule has 0 unspecified atom stereocenters. The molecule has 45 heavy (non-hydrogen) atoms. The summed E-state index contributed by atoms with van der Waals surface area (Å²) in [5.74, 6) is 1.15. The minimum atomic E-state index is -0.479. The molecule has 0 spiro atoms. The van der Waals surface area contributed by atoms with Crippen LogP contribution in [-0.2, 0) is 12.8 Å². The topological polar surface area (TPSA) is 111 Å². The van der Waals surface area contributed by atoms with Crippen LogP contribution in [0, 0.1) is 10.1 Å². The van der Waals surface area contributed by atoms with Crippen molar-refractivity contribution in [3.8, 4) is 23.0 Å². The zero-order valence-corrected chi connectivity index (χ0v) is 26.3. The maximum atomic E-state index is 13.2. The van der Waals surface area contributed by atoms with Crippen LogP contribution in [0.15, 0.2) is 72.8 Å². The maximum absolute atomic E-state index is 13.2. The summed E-state index contributed by atoms with van der Waals surface area (Å²) < 4.78 is 12.2. The summed E-state index contributed by atoms with van der Waals surface area (Å²) >= 11 is 0. The van der Waals surface area contributed by atoms with Crippen molar-refractivity contribution in [2.45, 2.75) is 78.1 Å². The minimum absolute atomic E-state index is 0.0495. The number of nitrogens with one attached hydrogen (secondary N) is 1. The highest BCUT2D eigenvalue weighted by Crippen LogP contribution is 2.38. The number of hydrogen-bond acceptors (Lipinski definition) is 6. The SMILES string of the molecule is CCCCCc1ccc(OCCCCNC(=O)c2cc(Oc3ccc([N+](=O)[O-])cc3)c3ccccc3c2O)c(CCCCC)c1. The van der Waals surface area contributed by atoms with Crippen LogP contribution in [0.2, 0.25) is 0 Å². The lowest BCUT2D eigenvalue weighted by Gasteiger charge is -2.15. The van der Waals surface area contributed by atoms with E-state index < -0.39 is 10.8 Å². The van der Waals surface area contributed by atoms with E-state index in [2.05, 4.69) is 37.4 Å². The third-order valence-electron chi connectivity index (χ3n) is 7.86. The number of benzene rings is 4. The van der Waals surface area contributed by atoms with Gasteiger partial charge in [-0.2, -0.15) is 0 Å². The molecular weight excluding hydrogens is 568 g/mol. The van der Waals surface area contributed by atoms with Crippen LogP contribution >= 0.6 is 0 Å². The molecule has 0 heterocycles. The van der Waals surface area contributed by atoms with Crippen LogP contribution in [0.25, 0.3) is 10.8 Å². The molecule has 1 amide bonds. The van der Waals surface area contributed by atoms with E-state index in [0.717, 1.165) is 31.4 Å². The molecule has 8 heteroatoms. The van der Waals surface area contributed by atoms with Crippen LogP contribution in [-0.4, -0.2) is 29.1 Å². The average molecular weight is 613 g/mol. The van der Waals surface area contributed by atoms with E-state index in [-0.39, 0.29) is 17.0 Å². The van der Waals surface area contributed by atoms with E-state index in [1.54, 1.807) is 18.2 Å². The minimum Gasteiger partial charge on any atom is -0.506 e. The molecule has 0 atom stereocenters. The second-order valence-corrected chi connectivity index (χ2v) is 11.3. The van der Waals surface area contributed by atoms with Crippen molar-refractivity contribution in [3.63, 3.8) is 0 Å². The quantitative estimate of drug-likeness (QED) is 0.0658. The molecular formula is C37H44N2O6. The zero-order valence-electron chi connectivity index (χ0n) is 26.3. The van der Waals surface area contributed by atoms with E-state index in [1.807, 2.05) is 6.07 Å². The van der Waals surface area contributed by atoms with Crippen LogP contribution in [0.5, 0.6) is 23.0 Å². The van der Waals surface area contributed by atoms with Gasteiger partial charge in [-0.3, -0.25) is 14.9 Å². The van der Waals surface area contributed by atoms with Crippen LogP contribution in [0.4, 0.5) is 5.69 Å². The molecule has 0 aromatic heterocycles. The Labute approximate surface area is 265 Å². The van der Waals surface area contributed by atoms with Crippen LogP contribution in [0.1, 0.15) is 86.7 Å². The lowest BCUT2D eigenvalue weighted by atomic mass is 10.00. The summed E-state index contributed by atoms with van der Waals surface area (Å²) in [6.07, 6.45) is 10.8. The zero-order chi connectivity index (χ0) is 32.0. The number of nitro benzene ring substituents is 1. The highest BCUT2D eigenvalue weighted by atomic mass is 16.6. The number of carbonyl (C=O) groups excluding carboxylic acids is 1. The van der Waals surface area contributed by atoms with Crippen LogP contribution < -0.4 is 14.8 Å². The van der Waals surface area contributed by atoms with Crippen LogP contribution in [0.3, 0.4) is 0 Å². The van der Waals surface area contributed by atoms with Crippen molar-refractivity contribution >= 4 is 22.4 Å². The Hall–Kier alpha value is -4.59. The third-order valence-corrected chi connectivity index (χ3v) is 7.86. The number of amides is 1. The number of fused-ring (bicyclic) bond motifs is 1. The fraction of sp³-hybridized carbons (Fsp3) is 0.378. The number of nitrogens with zero attached hydrogens (tertiary/aromatic N) is 1. The molecule has 0 bridgehead atoms. The number of carbonyl (C=O) groups is 1. The molecule has 0 saturated carbocycles. The Morgan fingerprint density at radius 3 is 2.24 bits per heavy atom. The van der Waals surface area contributed by atoms with Crippen molar-refractivity contribution in [3.05, 3.63) is 99.6 Å². The molecule has 4 aromatic rings. The molecule has 0 aliphatic rings. The van der Waals surface area contributed by atoms with Gasteiger partial charge < -0.3 is 19.9 Å². The molecule has 0 radical (unpaired) electrons. The first-order valence-electron chi connectivity index (χ1n) is 16.1. The summed E-state index contributed by atoms with van der Waals surface area (Å²) in [6.45, 7) is 5.42. The molecule has 2 N–H and O–H groups in total. The van der Waals surface area contributed by atoms with Gasteiger partial charge in [0.15, 0.2) is 0 Å². The summed E-state index contributed by atoms with van der Waals surface area (Å²) in [5, 5.41) is 25.9. The Kier molecular flexibility index (Phi) is 12.6.